The number of pyridine rings is 1. The molecule has 0 saturated heterocycles. The summed E-state index contributed by atoms with van der Waals surface area (Å²) >= 11 is 0. The lowest BCUT2D eigenvalue weighted by Crippen LogP contribution is -2.37. The van der Waals surface area contributed by atoms with Gasteiger partial charge in [0, 0.05) is 18.0 Å². The number of nitrogen functional groups attached to an aromatic ring is 1. The summed E-state index contributed by atoms with van der Waals surface area (Å²) in [5.74, 6) is 0.0360. The Bertz CT molecular complexity index is 674. The Kier molecular flexibility index (Phi) is 5.30. The molecule has 6 nitrogen and oxygen atoms in total. The zero-order valence-electron chi connectivity index (χ0n) is 13.8. The van der Waals surface area contributed by atoms with Gasteiger partial charge in [-0.1, -0.05) is 26.7 Å². The van der Waals surface area contributed by atoms with Crippen molar-refractivity contribution in [3.63, 3.8) is 0 Å². The Labute approximate surface area is 135 Å². The Hall–Kier alpha value is -2.02. The van der Waals surface area contributed by atoms with Crippen LogP contribution in [0.25, 0.3) is 11.0 Å². The van der Waals surface area contributed by atoms with E-state index >= 15 is 0 Å². The molecule has 1 unspecified atom stereocenters. The van der Waals surface area contributed by atoms with E-state index in [9.17, 15) is 9.50 Å². The normalized spacial score (nSPS) is 15.3. The molecule has 0 amide bonds. The first kappa shape index (κ1) is 17.3. The third kappa shape index (κ3) is 4.04. The zero-order valence-corrected chi connectivity index (χ0v) is 13.8. The number of hydrogen-bond donors (Lipinski definition) is 3. The zero-order chi connectivity index (χ0) is 17.0. The number of nitrogens with zero attached hydrogens (tertiary/aromatic N) is 3. The smallest absolute Gasteiger partial charge is 0.222 e. The van der Waals surface area contributed by atoms with Crippen LogP contribution < -0.4 is 11.1 Å². The fraction of sp³-hybridized carbons (Fsp3) is 0.562. The van der Waals surface area contributed by atoms with Crippen LogP contribution in [0.2, 0.25) is 0 Å². The van der Waals surface area contributed by atoms with Gasteiger partial charge >= 0.3 is 0 Å². The van der Waals surface area contributed by atoms with E-state index in [0.717, 1.165) is 25.5 Å². The summed E-state index contributed by atoms with van der Waals surface area (Å²) in [5, 5.41) is 13.3. The van der Waals surface area contributed by atoms with Crippen LogP contribution in [-0.2, 0) is 0 Å². The predicted octanol–water partition coefficient (Wildman–Crippen LogP) is 2.74. The molecule has 0 bridgehead atoms. The SMILES string of the molecule is CCCC[C@@](C)(CNc1nc(N)nc2cc(F)cnc12)C(C)O. The monoisotopic (exact) mass is 321 g/mol. The number of anilines is 2. The first-order valence-corrected chi connectivity index (χ1v) is 7.86. The minimum atomic E-state index is -0.475. The summed E-state index contributed by atoms with van der Waals surface area (Å²) in [5.41, 5.74) is 6.20. The van der Waals surface area contributed by atoms with E-state index in [1.54, 1.807) is 6.92 Å². The first-order valence-electron chi connectivity index (χ1n) is 7.86. The quantitative estimate of drug-likeness (QED) is 0.725. The van der Waals surface area contributed by atoms with Crippen LogP contribution in [0, 0.1) is 11.2 Å². The van der Waals surface area contributed by atoms with Crippen molar-refractivity contribution in [2.45, 2.75) is 46.1 Å². The number of nitrogens with one attached hydrogen (secondary N) is 1. The molecule has 0 aliphatic heterocycles. The average Bonchev–Trinajstić information content (AvgIpc) is 2.49. The highest BCUT2D eigenvalue weighted by molar-refractivity contribution is 5.85. The number of nitrogens with two attached hydrogens (primary N) is 1. The van der Waals surface area contributed by atoms with E-state index in [4.69, 9.17) is 5.73 Å². The number of aliphatic hydroxyl groups is 1. The second kappa shape index (κ2) is 7.04. The van der Waals surface area contributed by atoms with Crippen LogP contribution in [0.1, 0.15) is 40.0 Å². The Morgan fingerprint density at radius 1 is 1.43 bits per heavy atom. The van der Waals surface area contributed by atoms with E-state index < -0.39 is 11.9 Å². The summed E-state index contributed by atoms with van der Waals surface area (Å²) in [4.78, 5) is 12.2. The van der Waals surface area contributed by atoms with Crippen LogP contribution in [-0.4, -0.2) is 32.7 Å². The van der Waals surface area contributed by atoms with Gasteiger partial charge in [-0.2, -0.15) is 4.98 Å². The van der Waals surface area contributed by atoms with Gasteiger partial charge in [-0.05, 0) is 13.3 Å². The van der Waals surface area contributed by atoms with Gasteiger partial charge in [0.1, 0.15) is 11.3 Å². The van der Waals surface area contributed by atoms with Crippen LogP contribution >= 0.6 is 0 Å². The average molecular weight is 321 g/mol. The molecule has 23 heavy (non-hydrogen) atoms. The Morgan fingerprint density at radius 2 is 2.17 bits per heavy atom. The molecule has 2 aromatic rings. The topological polar surface area (TPSA) is 97.0 Å². The second-order valence-corrected chi connectivity index (χ2v) is 6.24. The molecule has 2 aromatic heterocycles. The largest absolute Gasteiger partial charge is 0.393 e. The van der Waals surface area contributed by atoms with Crippen molar-refractivity contribution < 1.29 is 9.50 Å². The van der Waals surface area contributed by atoms with Crippen molar-refractivity contribution in [1.82, 2.24) is 15.0 Å². The minimum absolute atomic E-state index is 0.0553. The summed E-state index contributed by atoms with van der Waals surface area (Å²) in [6.07, 6.45) is 3.62. The third-order valence-electron chi connectivity index (χ3n) is 4.29. The van der Waals surface area contributed by atoms with Gasteiger partial charge in [0.15, 0.2) is 5.82 Å². The van der Waals surface area contributed by atoms with Gasteiger partial charge in [0.2, 0.25) is 5.95 Å². The van der Waals surface area contributed by atoms with Crippen molar-refractivity contribution in [2.75, 3.05) is 17.6 Å². The second-order valence-electron chi connectivity index (χ2n) is 6.24. The Balaban J connectivity index is 2.27. The molecular weight excluding hydrogens is 297 g/mol. The number of aromatic nitrogens is 3. The highest BCUT2D eigenvalue weighted by atomic mass is 19.1. The third-order valence-corrected chi connectivity index (χ3v) is 4.29. The molecule has 0 radical (unpaired) electrons. The fourth-order valence-corrected chi connectivity index (χ4v) is 2.45. The molecule has 0 aliphatic rings. The number of halogens is 1. The number of unbranched alkanes of at least 4 members (excludes halogenated alkanes) is 1. The van der Waals surface area contributed by atoms with Gasteiger partial charge in [-0.15, -0.1) is 0 Å². The maximum Gasteiger partial charge on any atom is 0.222 e. The van der Waals surface area contributed by atoms with E-state index in [2.05, 4.69) is 27.2 Å². The van der Waals surface area contributed by atoms with Gasteiger partial charge < -0.3 is 16.2 Å². The van der Waals surface area contributed by atoms with Crippen molar-refractivity contribution in [2.24, 2.45) is 5.41 Å². The highest BCUT2D eigenvalue weighted by Crippen LogP contribution is 2.30. The molecule has 4 N–H and O–H groups in total. The number of fused-ring (bicyclic) bond motifs is 1. The van der Waals surface area contributed by atoms with Gasteiger partial charge in [0.05, 0.1) is 17.8 Å². The predicted molar refractivity (Wildman–Crippen MR) is 89.5 cm³/mol. The maximum absolute atomic E-state index is 13.3. The molecule has 0 spiro atoms. The fourth-order valence-electron chi connectivity index (χ4n) is 2.45. The van der Waals surface area contributed by atoms with Gasteiger partial charge in [-0.3, -0.25) is 0 Å². The van der Waals surface area contributed by atoms with Crippen molar-refractivity contribution in [3.8, 4) is 0 Å². The molecular formula is C16H24FN5O. The van der Waals surface area contributed by atoms with E-state index in [0.29, 0.717) is 23.4 Å². The molecule has 0 aliphatic carbocycles. The lowest BCUT2D eigenvalue weighted by molar-refractivity contribution is 0.0535. The first-order chi connectivity index (χ1) is 10.9. The van der Waals surface area contributed by atoms with Crippen molar-refractivity contribution in [3.05, 3.63) is 18.1 Å². The molecule has 7 heteroatoms. The molecule has 0 fully saturated rings. The summed E-state index contributed by atoms with van der Waals surface area (Å²) in [6, 6.07) is 1.27. The van der Waals surface area contributed by atoms with Crippen molar-refractivity contribution in [1.29, 1.82) is 0 Å². The van der Waals surface area contributed by atoms with E-state index in [1.165, 1.54) is 6.07 Å². The highest BCUT2D eigenvalue weighted by Gasteiger charge is 2.29. The van der Waals surface area contributed by atoms with Crippen LogP contribution in [0.15, 0.2) is 12.3 Å². The minimum Gasteiger partial charge on any atom is -0.393 e. The molecule has 0 saturated carbocycles. The molecule has 0 aromatic carbocycles. The van der Waals surface area contributed by atoms with Crippen molar-refractivity contribution >= 4 is 22.8 Å². The lowest BCUT2D eigenvalue weighted by Gasteiger charge is -2.33. The lowest BCUT2D eigenvalue weighted by atomic mass is 9.80. The number of rotatable bonds is 7. The van der Waals surface area contributed by atoms with Crippen LogP contribution in [0.3, 0.4) is 0 Å². The number of hydrogen-bond acceptors (Lipinski definition) is 6. The molecule has 2 rings (SSSR count). The van der Waals surface area contributed by atoms with Gasteiger partial charge in [0.25, 0.3) is 0 Å². The number of aliphatic hydroxyl groups excluding tert-OH is 1. The molecule has 2 heterocycles. The van der Waals surface area contributed by atoms with Crippen LogP contribution in [0.4, 0.5) is 16.2 Å². The Morgan fingerprint density at radius 3 is 2.83 bits per heavy atom. The van der Waals surface area contributed by atoms with Crippen LogP contribution in [0.5, 0.6) is 0 Å². The molecule has 126 valence electrons. The standard InChI is InChI=1S/C16H24FN5O/c1-4-5-6-16(3,10(2)23)9-20-14-13-12(21-15(18)22-14)7-11(17)8-19-13/h7-8,10,23H,4-6,9H2,1-3H3,(H3,18,20,21,22)/t10?,16-/m0/s1. The maximum atomic E-state index is 13.3. The summed E-state index contributed by atoms with van der Waals surface area (Å²) in [7, 11) is 0. The van der Waals surface area contributed by atoms with Gasteiger partial charge in [-0.25, -0.2) is 14.4 Å². The van der Waals surface area contributed by atoms with E-state index in [-0.39, 0.29) is 11.4 Å². The summed E-state index contributed by atoms with van der Waals surface area (Å²) < 4.78 is 13.3. The summed E-state index contributed by atoms with van der Waals surface area (Å²) in [6.45, 7) is 6.44. The van der Waals surface area contributed by atoms with E-state index in [1.807, 2.05) is 6.92 Å². The molecule has 2 atom stereocenters.